The summed E-state index contributed by atoms with van der Waals surface area (Å²) in [6.45, 7) is 2.65. The van der Waals surface area contributed by atoms with Crippen molar-refractivity contribution in [2.24, 2.45) is 29.4 Å². The van der Waals surface area contributed by atoms with Crippen LogP contribution in [0.2, 0.25) is 0 Å². The standard InChI is InChI=1S/C15H26N2O3/c1-9(2-5-12(18)19)6-7-17-15(20)13-10-3-4-11(8-10)14(13)16/h9-11,13-14H,2-8,16H2,1H3,(H,17,20)(H,18,19). The third-order valence-corrected chi connectivity index (χ3v) is 5.07. The molecule has 2 aliphatic carbocycles. The number of hydrogen-bond acceptors (Lipinski definition) is 3. The Morgan fingerprint density at radius 3 is 2.60 bits per heavy atom. The van der Waals surface area contributed by atoms with Gasteiger partial charge in [0.15, 0.2) is 0 Å². The highest BCUT2D eigenvalue weighted by atomic mass is 16.4. The van der Waals surface area contributed by atoms with Gasteiger partial charge in [0.2, 0.25) is 5.91 Å². The molecule has 2 bridgehead atoms. The Morgan fingerprint density at radius 1 is 1.30 bits per heavy atom. The molecule has 20 heavy (non-hydrogen) atoms. The lowest BCUT2D eigenvalue weighted by atomic mass is 9.84. The molecule has 0 radical (unpaired) electrons. The number of nitrogens with one attached hydrogen (secondary N) is 1. The van der Waals surface area contributed by atoms with Crippen LogP contribution in [-0.4, -0.2) is 29.6 Å². The van der Waals surface area contributed by atoms with Gasteiger partial charge >= 0.3 is 5.97 Å². The number of nitrogens with two attached hydrogens (primary N) is 1. The number of carboxylic acid groups (broad SMARTS) is 1. The minimum absolute atomic E-state index is 0.00285. The van der Waals surface area contributed by atoms with E-state index in [9.17, 15) is 9.59 Å². The maximum absolute atomic E-state index is 12.2. The van der Waals surface area contributed by atoms with Crippen LogP contribution in [0.1, 0.15) is 45.4 Å². The quantitative estimate of drug-likeness (QED) is 0.657. The van der Waals surface area contributed by atoms with Gasteiger partial charge < -0.3 is 16.2 Å². The number of carbonyl (C=O) groups is 2. The number of carboxylic acids is 1. The lowest BCUT2D eigenvalue weighted by Crippen LogP contribution is -2.45. The Labute approximate surface area is 120 Å². The van der Waals surface area contributed by atoms with Crippen LogP contribution in [-0.2, 0) is 9.59 Å². The van der Waals surface area contributed by atoms with Crippen molar-refractivity contribution in [1.29, 1.82) is 0 Å². The fourth-order valence-corrected chi connectivity index (χ4v) is 3.80. The monoisotopic (exact) mass is 282 g/mol. The predicted octanol–water partition coefficient (Wildman–Crippen LogP) is 1.37. The van der Waals surface area contributed by atoms with Crippen LogP contribution in [0.5, 0.6) is 0 Å². The largest absolute Gasteiger partial charge is 0.481 e. The highest BCUT2D eigenvalue weighted by Gasteiger charge is 2.48. The molecule has 2 rings (SSSR count). The first-order valence-corrected chi connectivity index (χ1v) is 7.74. The first kappa shape index (κ1) is 15.3. The first-order valence-electron chi connectivity index (χ1n) is 7.74. The summed E-state index contributed by atoms with van der Waals surface area (Å²) < 4.78 is 0. The lowest BCUT2D eigenvalue weighted by Gasteiger charge is -2.27. The topological polar surface area (TPSA) is 92.4 Å². The van der Waals surface area contributed by atoms with Crippen LogP contribution in [0, 0.1) is 23.7 Å². The summed E-state index contributed by atoms with van der Waals surface area (Å²) in [5.74, 6) is 0.705. The molecule has 0 aromatic rings. The van der Waals surface area contributed by atoms with Gasteiger partial charge in [-0.2, -0.15) is 0 Å². The molecule has 0 aromatic carbocycles. The minimum atomic E-state index is -0.756. The van der Waals surface area contributed by atoms with Gasteiger partial charge in [0, 0.05) is 19.0 Å². The summed E-state index contributed by atoms with van der Waals surface area (Å²) in [6.07, 6.45) is 5.14. The highest BCUT2D eigenvalue weighted by Crippen LogP contribution is 2.47. The van der Waals surface area contributed by atoms with E-state index in [-0.39, 0.29) is 24.3 Å². The molecule has 5 atom stereocenters. The van der Waals surface area contributed by atoms with Crippen molar-refractivity contribution in [3.63, 3.8) is 0 Å². The summed E-state index contributed by atoms with van der Waals surface area (Å²) >= 11 is 0. The molecular weight excluding hydrogens is 256 g/mol. The maximum Gasteiger partial charge on any atom is 0.303 e. The zero-order valence-corrected chi connectivity index (χ0v) is 12.2. The van der Waals surface area contributed by atoms with E-state index in [4.69, 9.17) is 10.8 Å². The molecule has 5 heteroatoms. The predicted molar refractivity (Wildman–Crippen MR) is 76.0 cm³/mol. The average molecular weight is 282 g/mol. The van der Waals surface area contributed by atoms with Crippen LogP contribution in [0.3, 0.4) is 0 Å². The molecule has 0 aromatic heterocycles. The van der Waals surface area contributed by atoms with Gasteiger partial charge in [0.1, 0.15) is 0 Å². The molecule has 114 valence electrons. The second-order valence-electron chi connectivity index (χ2n) is 6.55. The third-order valence-electron chi connectivity index (χ3n) is 5.07. The number of carbonyl (C=O) groups excluding carboxylic acids is 1. The molecule has 4 N–H and O–H groups in total. The van der Waals surface area contributed by atoms with Crippen LogP contribution in [0.25, 0.3) is 0 Å². The molecular formula is C15H26N2O3. The highest BCUT2D eigenvalue weighted by molar-refractivity contribution is 5.80. The van der Waals surface area contributed by atoms with Gasteiger partial charge in [0.25, 0.3) is 0 Å². The molecule has 2 fully saturated rings. The van der Waals surface area contributed by atoms with E-state index in [0.29, 0.717) is 30.7 Å². The van der Waals surface area contributed by atoms with Crippen molar-refractivity contribution in [3.8, 4) is 0 Å². The molecule has 2 saturated carbocycles. The smallest absolute Gasteiger partial charge is 0.303 e. The van der Waals surface area contributed by atoms with Gasteiger partial charge in [0.05, 0.1) is 5.92 Å². The van der Waals surface area contributed by atoms with Gasteiger partial charge in [-0.3, -0.25) is 9.59 Å². The fraction of sp³-hybridized carbons (Fsp3) is 0.867. The number of fused-ring (bicyclic) bond motifs is 2. The molecule has 0 aliphatic heterocycles. The van der Waals surface area contributed by atoms with Crippen LogP contribution >= 0.6 is 0 Å². The first-order chi connectivity index (χ1) is 9.49. The van der Waals surface area contributed by atoms with Gasteiger partial charge in [-0.1, -0.05) is 6.92 Å². The van der Waals surface area contributed by atoms with Crippen LogP contribution in [0.4, 0.5) is 0 Å². The van der Waals surface area contributed by atoms with Crippen molar-refractivity contribution in [1.82, 2.24) is 5.32 Å². The fourth-order valence-electron chi connectivity index (χ4n) is 3.80. The number of aliphatic carboxylic acids is 1. The van der Waals surface area contributed by atoms with Gasteiger partial charge in [-0.25, -0.2) is 0 Å². The molecule has 0 spiro atoms. The average Bonchev–Trinajstić information content (AvgIpc) is 2.96. The van der Waals surface area contributed by atoms with Crippen molar-refractivity contribution < 1.29 is 14.7 Å². The summed E-state index contributed by atoms with van der Waals surface area (Å²) in [6, 6.07) is 0.0400. The van der Waals surface area contributed by atoms with Gasteiger partial charge in [-0.15, -0.1) is 0 Å². The summed E-state index contributed by atoms with van der Waals surface area (Å²) in [5.41, 5.74) is 6.15. The minimum Gasteiger partial charge on any atom is -0.481 e. The van der Waals surface area contributed by atoms with E-state index in [1.165, 1.54) is 6.42 Å². The SMILES string of the molecule is CC(CCNC(=O)C1C2CCC(C2)C1N)CCC(=O)O. The van der Waals surface area contributed by atoms with E-state index in [0.717, 1.165) is 19.3 Å². The maximum atomic E-state index is 12.2. The Bertz CT molecular complexity index is 370. The van der Waals surface area contributed by atoms with E-state index >= 15 is 0 Å². The molecule has 1 amide bonds. The van der Waals surface area contributed by atoms with Crippen molar-refractivity contribution in [2.45, 2.75) is 51.5 Å². The second kappa shape index (κ2) is 6.57. The Hall–Kier alpha value is -1.10. The molecule has 5 unspecified atom stereocenters. The Kier molecular flexibility index (Phi) is 5.02. The normalized spacial score (nSPS) is 33.1. The van der Waals surface area contributed by atoms with E-state index < -0.39 is 5.97 Å². The van der Waals surface area contributed by atoms with Crippen molar-refractivity contribution in [3.05, 3.63) is 0 Å². The molecule has 0 saturated heterocycles. The zero-order valence-electron chi connectivity index (χ0n) is 12.2. The summed E-state index contributed by atoms with van der Waals surface area (Å²) in [4.78, 5) is 22.7. The van der Waals surface area contributed by atoms with E-state index in [1.54, 1.807) is 0 Å². The number of hydrogen-bond donors (Lipinski definition) is 3. The third kappa shape index (κ3) is 3.51. The Morgan fingerprint density at radius 2 is 2.00 bits per heavy atom. The van der Waals surface area contributed by atoms with Crippen LogP contribution < -0.4 is 11.1 Å². The molecule has 0 heterocycles. The summed E-state index contributed by atoms with van der Waals surface area (Å²) in [7, 11) is 0. The zero-order chi connectivity index (χ0) is 14.7. The summed E-state index contributed by atoms with van der Waals surface area (Å²) in [5, 5.41) is 11.6. The van der Waals surface area contributed by atoms with Crippen molar-refractivity contribution >= 4 is 11.9 Å². The Balaban J connectivity index is 1.67. The van der Waals surface area contributed by atoms with E-state index in [2.05, 4.69) is 5.32 Å². The van der Waals surface area contributed by atoms with E-state index in [1.807, 2.05) is 6.92 Å². The molecule has 5 nitrogen and oxygen atoms in total. The second-order valence-corrected chi connectivity index (χ2v) is 6.55. The van der Waals surface area contributed by atoms with Crippen molar-refractivity contribution in [2.75, 3.05) is 6.54 Å². The number of amides is 1. The van der Waals surface area contributed by atoms with Gasteiger partial charge in [-0.05, 0) is 49.9 Å². The number of rotatable bonds is 7. The lowest BCUT2D eigenvalue weighted by molar-refractivity contribution is -0.137. The van der Waals surface area contributed by atoms with Crippen LogP contribution in [0.15, 0.2) is 0 Å². The molecule has 2 aliphatic rings.